The van der Waals surface area contributed by atoms with Crippen LogP contribution < -0.4 is 9.64 Å². The number of nitrogens with zero attached hydrogens (tertiary/aromatic N) is 2. The summed E-state index contributed by atoms with van der Waals surface area (Å²) in [6, 6.07) is 2.48. The van der Waals surface area contributed by atoms with E-state index >= 15 is 4.39 Å². The summed E-state index contributed by atoms with van der Waals surface area (Å²) in [4.78, 5) is 30.7. The van der Waals surface area contributed by atoms with Gasteiger partial charge >= 0.3 is 12.1 Å². The molecule has 0 saturated heterocycles. The van der Waals surface area contributed by atoms with Crippen molar-refractivity contribution < 1.29 is 46.5 Å². The van der Waals surface area contributed by atoms with E-state index in [-0.39, 0.29) is 18.9 Å². The third kappa shape index (κ3) is 6.79. The molecule has 1 N–H and O–H groups in total. The summed E-state index contributed by atoms with van der Waals surface area (Å²) >= 11 is 0. The van der Waals surface area contributed by atoms with Crippen LogP contribution in [0.2, 0.25) is 0 Å². The molecule has 1 aliphatic carbocycles. The molecule has 1 aromatic carbocycles. The number of amides is 1. The van der Waals surface area contributed by atoms with Crippen LogP contribution in [0.3, 0.4) is 0 Å². The Morgan fingerprint density at radius 2 is 1.76 bits per heavy atom. The van der Waals surface area contributed by atoms with E-state index in [4.69, 9.17) is 14.2 Å². The van der Waals surface area contributed by atoms with Gasteiger partial charge in [0.25, 0.3) is 0 Å². The Balaban J connectivity index is 2.10. The number of carboxylic acid groups (broad SMARTS) is 1. The molecular weight excluding hydrogens is 512 g/mol. The monoisotopic (exact) mass is 542 g/mol. The van der Waals surface area contributed by atoms with Crippen LogP contribution in [0.5, 0.6) is 11.6 Å². The Labute approximate surface area is 217 Å². The Hall–Kier alpha value is -3.25. The maximum atomic E-state index is 15.3. The SMILES string of the molecule is COCC(COC)N(c1cc(F)c(Oc2ncccc2C(F)(F)F)cc1C(=O)O)C(=O)[C@H]1CC[C@H](C)CC1. The van der Waals surface area contributed by atoms with E-state index in [1.807, 2.05) is 0 Å². The number of anilines is 1. The molecule has 8 nitrogen and oxygen atoms in total. The first-order chi connectivity index (χ1) is 18.0. The average Bonchev–Trinajstić information content (AvgIpc) is 2.86. The van der Waals surface area contributed by atoms with E-state index in [0.717, 1.165) is 37.2 Å². The van der Waals surface area contributed by atoms with E-state index in [0.29, 0.717) is 24.8 Å². The van der Waals surface area contributed by atoms with Crippen molar-refractivity contribution >= 4 is 17.6 Å². The second-order valence-corrected chi connectivity index (χ2v) is 9.29. The molecule has 0 aliphatic heterocycles. The summed E-state index contributed by atoms with van der Waals surface area (Å²) in [5.74, 6) is -4.83. The second-order valence-electron chi connectivity index (χ2n) is 9.29. The number of halogens is 4. The fourth-order valence-electron chi connectivity index (χ4n) is 4.56. The lowest BCUT2D eigenvalue weighted by molar-refractivity contribution is -0.139. The molecule has 0 unspecified atom stereocenters. The lowest BCUT2D eigenvalue weighted by Gasteiger charge is -2.36. The van der Waals surface area contributed by atoms with Gasteiger partial charge in [-0.1, -0.05) is 6.92 Å². The molecule has 0 radical (unpaired) electrons. The van der Waals surface area contributed by atoms with E-state index in [9.17, 15) is 27.9 Å². The van der Waals surface area contributed by atoms with Gasteiger partial charge in [-0.05, 0) is 43.7 Å². The minimum Gasteiger partial charge on any atom is -0.478 e. The molecule has 2 aromatic rings. The normalized spacial score (nSPS) is 17.9. The summed E-state index contributed by atoms with van der Waals surface area (Å²) < 4.78 is 71.1. The zero-order valence-electron chi connectivity index (χ0n) is 21.3. The Morgan fingerprint density at radius 1 is 1.13 bits per heavy atom. The first-order valence-electron chi connectivity index (χ1n) is 12.1. The molecule has 3 rings (SSSR count). The minimum atomic E-state index is -4.84. The van der Waals surface area contributed by atoms with E-state index in [1.165, 1.54) is 19.1 Å². The van der Waals surface area contributed by atoms with Gasteiger partial charge in [-0.25, -0.2) is 14.2 Å². The Morgan fingerprint density at radius 3 is 2.32 bits per heavy atom. The molecule has 0 spiro atoms. The van der Waals surface area contributed by atoms with Crippen molar-refractivity contribution in [2.24, 2.45) is 11.8 Å². The van der Waals surface area contributed by atoms with Crippen LogP contribution in [-0.4, -0.2) is 55.4 Å². The predicted octanol–water partition coefficient (Wildman–Crippen LogP) is 5.55. The number of carboxylic acids is 1. The molecule has 1 fully saturated rings. The number of aromatic nitrogens is 1. The van der Waals surface area contributed by atoms with Crippen molar-refractivity contribution in [2.45, 2.75) is 44.8 Å². The molecule has 0 atom stereocenters. The van der Waals surface area contributed by atoms with Crippen molar-refractivity contribution in [3.8, 4) is 11.6 Å². The van der Waals surface area contributed by atoms with Crippen molar-refractivity contribution in [3.63, 3.8) is 0 Å². The van der Waals surface area contributed by atoms with Gasteiger partial charge in [0.1, 0.15) is 5.56 Å². The standard InChI is InChI=1S/C26H30F4N2O6/c1-15-6-8-16(9-7-15)24(33)32(17(13-36-2)14-37-3)21-12-20(27)22(11-18(21)25(34)35)38-23-19(26(28,29)30)5-4-10-31-23/h4-5,10-12,15-17H,6-9,13-14H2,1-3H3,(H,34,35)/t15-,16-. The maximum Gasteiger partial charge on any atom is 0.421 e. The third-order valence-corrected chi connectivity index (χ3v) is 6.51. The molecule has 208 valence electrons. The summed E-state index contributed by atoms with van der Waals surface area (Å²) in [5, 5.41) is 9.97. The maximum absolute atomic E-state index is 15.3. The van der Waals surface area contributed by atoms with E-state index in [2.05, 4.69) is 11.9 Å². The molecule has 1 amide bonds. The van der Waals surface area contributed by atoms with E-state index in [1.54, 1.807) is 0 Å². The number of rotatable bonds is 10. The number of methoxy groups -OCH3 is 2. The number of carbonyl (C=O) groups is 2. The van der Waals surface area contributed by atoms with Crippen molar-refractivity contribution in [2.75, 3.05) is 32.3 Å². The molecule has 1 aromatic heterocycles. The highest BCUT2D eigenvalue weighted by molar-refractivity contribution is 6.03. The molecule has 1 saturated carbocycles. The predicted molar refractivity (Wildman–Crippen MR) is 129 cm³/mol. The highest BCUT2D eigenvalue weighted by Gasteiger charge is 2.37. The topological polar surface area (TPSA) is 98.2 Å². The van der Waals surface area contributed by atoms with Gasteiger partial charge in [-0.2, -0.15) is 13.2 Å². The molecule has 38 heavy (non-hydrogen) atoms. The van der Waals surface area contributed by atoms with Crippen molar-refractivity contribution in [1.29, 1.82) is 0 Å². The summed E-state index contributed by atoms with van der Waals surface area (Å²) in [6.45, 7) is 2.01. The first kappa shape index (κ1) is 29.3. The van der Waals surface area contributed by atoms with Crippen LogP contribution in [0.25, 0.3) is 0 Å². The molecule has 1 aliphatic rings. The number of hydrogen-bond donors (Lipinski definition) is 1. The summed E-state index contributed by atoms with van der Waals surface area (Å²) in [7, 11) is 2.79. The van der Waals surface area contributed by atoms with Gasteiger partial charge in [0, 0.05) is 38.5 Å². The molecule has 1 heterocycles. The number of pyridine rings is 1. The third-order valence-electron chi connectivity index (χ3n) is 6.51. The zero-order valence-corrected chi connectivity index (χ0v) is 21.3. The zero-order chi connectivity index (χ0) is 28.0. The summed E-state index contributed by atoms with van der Waals surface area (Å²) in [6.07, 6.45) is -1.04. The minimum absolute atomic E-state index is 0.0372. The molecular formula is C26H30F4N2O6. The van der Waals surface area contributed by atoms with E-state index < -0.39 is 58.6 Å². The summed E-state index contributed by atoms with van der Waals surface area (Å²) in [5.41, 5.74) is -2.08. The van der Waals surface area contributed by atoms with Crippen molar-refractivity contribution in [3.05, 3.63) is 47.4 Å². The average molecular weight is 543 g/mol. The number of alkyl halides is 3. The van der Waals surface area contributed by atoms with Crippen LogP contribution >= 0.6 is 0 Å². The van der Waals surface area contributed by atoms with Crippen LogP contribution in [0.4, 0.5) is 23.2 Å². The van der Waals surface area contributed by atoms with Gasteiger partial charge < -0.3 is 24.2 Å². The van der Waals surface area contributed by atoms with Gasteiger partial charge in [0.15, 0.2) is 11.6 Å². The first-order valence-corrected chi connectivity index (χ1v) is 12.1. The van der Waals surface area contributed by atoms with Crippen LogP contribution in [-0.2, 0) is 20.4 Å². The highest BCUT2D eigenvalue weighted by Crippen LogP contribution is 2.39. The highest BCUT2D eigenvalue weighted by atomic mass is 19.4. The van der Waals surface area contributed by atoms with Gasteiger partial charge in [0.2, 0.25) is 11.8 Å². The smallest absolute Gasteiger partial charge is 0.421 e. The number of ether oxygens (including phenoxy) is 3. The lowest BCUT2D eigenvalue weighted by atomic mass is 9.82. The van der Waals surface area contributed by atoms with Gasteiger partial charge in [0.05, 0.1) is 30.5 Å². The Bertz CT molecular complexity index is 1130. The number of carbonyl (C=O) groups excluding carboxylic acids is 1. The van der Waals surface area contributed by atoms with Crippen LogP contribution in [0.15, 0.2) is 30.5 Å². The second kappa shape index (κ2) is 12.5. The van der Waals surface area contributed by atoms with Crippen LogP contribution in [0.1, 0.15) is 48.5 Å². The van der Waals surface area contributed by atoms with Gasteiger partial charge in [-0.15, -0.1) is 0 Å². The number of benzene rings is 1. The van der Waals surface area contributed by atoms with Crippen LogP contribution in [0, 0.1) is 17.7 Å². The molecule has 0 bridgehead atoms. The number of hydrogen-bond acceptors (Lipinski definition) is 6. The van der Waals surface area contributed by atoms with Crippen molar-refractivity contribution in [1.82, 2.24) is 4.98 Å². The largest absolute Gasteiger partial charge is 0.478 e. The lowest BCUT2D eigenvalue weighted by Crippen LogP contribution is -2.49. The Kier molecular flexibility index (Phi) is 9.66. The molecule has 12 heteroatoms. The quantitative estimate of drug-likeness (QED) is 0.393. The fourth-order valence-corrected chi connectivity index (χ4v) is 4.56. The number of aromatic carboxylic acids is 1. The van der Waals surface area contributed by atoms with Gasteiger partial charge in [-0.3, -0.25) is 4.79 Å². The fraction of sp³-hybridized carbons (Fsp3) is 0.500.